The molecule has 2 aromatic rings. The topological polar surface area (TPSA) is 26.0 Å². The van der Waals surface area contributed by atoms with Crippen LogP contribution in [-0.4, -0.2) is 0 Å². The second kappa shape index (κ2) is 6.83. The second-order valence-corrected chi connectivity index (χ2v) is 5.98. The summed E-state index contributed by atoms with van der Waals surface area (Å²) in [7, 11) is 0. The minimum atomic E-state index is -0.185. The maximum absolute atomic E-state index is 13.1. The molecular weight excluding hydrogens is 257 g/mol. The standard InChI is InChI=1S/C16H20FNS/c1-2-3-4-5-6-7-14(18)16-11-12-10-13(17)8-9-15(12)19-16/h2,8-11,14H,1,3-7,18H2. The summed E-state index contributed by atoms with van der Waals surface area (Å²) in [6.07, 6.45) is 7.55. The van der Waals surface area contributed by atoms with Crippen LogP contribution >= 0.6 is 11.3 Å². The minimum Gasteiger partial charge on any atom is -0.323 e. The Bertz CT molecular complexity index is 547. The number of hydrogen-bond donors (Lipinski definition) is 1. The molecule has 102 valence electrons. The molecule has 0 aliphatic heterocycles. The maximum Gasteiger partial charge on any atom is 0.123 e. The number of nitrogens with two attached hydrogens (primary N) is 1. The molecule has 1 atom stereocenters. The molecule has 3 heteroatoms. The van der Waals surface area contributed by atoms with Crippen LogP contribution in [0, 0.1) is 5.82 Å². The largest absolute Gasteiger partial charge is 0.323 e. The zero-order valence-corrected chi connectivity index (χ0v) is 11.9. The molecule has 0 saturated carbocycles. The average Bonchev–Trinajstić information content (AvgIpc) is 2.81. The summed E-state index contributed by atoms with van der Waals surface area (Å²) in [4.78, 5) is 1.16. The molecule has 0 aliphatic carbocycles. The van der Waals surface area contributed by atoms with E-state index in [9.17, 15) is 4.39 Å². The van der Waals surface area contributed by atoms with Crippen LogP contribution in [0.4, 0.5) is 4.39 Å². The number of fused-ring (bicyclic) bond motifs is 1. The second-order valence-electron chi connectivity index (χ2n) is 4.86. The fraction of sp³-hybridized carbons (Fsp3) is 0.375. The highest BCUT2D eigenvalue weighted by Gasteiger charge is 2.10. The molecule has 0 saturated heterocycles. The van der Waals surface area contributed by atoms with Crippen molar-refractivity contribution >= 4 is 21.4 Å². The number of thiophene rings is 1. The van der Waals surface area contributed by atoms with E-state index in [1.54, 1.807) is 17.4 Å². The van der Waals surface area contributed by atoms with E-state index >= 15 is 0 Å². The van der Waals surface area contributed by atoms with Crippen molar-refractivity contribution in [3.63, 3.8) is 0 Å². The number of allylic oxidation sites excluding steroid dienone is 1. The van der Waals surface area contributed by atoms with E-state index in [4.69, 9.17) is 5.73 Å². The fourth-order valence-corrected chi connectivity index (χ4v) is 3.27. The molecule has 1 aromatic carbocycles. The van der Waals surface area contributed by atoms with Gasteiger partial charge >= 0.3 is 0 Å². The highest BCUT2D eigenvalue weighted by molar-refractivity contribution is 7.19. The summed E-state index contributed by atoms with van der Waals surface area (Å²) < 4.78 is 14.2. The van der Waals surface area contributed by atoms with Crippen molar-refractivity contribution in [2.45, 2.75) is 38.1 Å². The third-order valence-corrected chi connectivity index (χ3v) is 4.53. The lowest BCUT2D eigenvalue weighted by atomic mass is 10.1. The van der Waals surface area contributed by atoms with Crippen LogP contribution in [0.5, 0.6) is 0 Å². The Morgan fingerprint density at radius 3 is 2.89 bits per heavy atom. The van der Waals surface area contributed by atoms with Gasteiger partial charge in [-0.15, -0.1) is 17.9 Å². The van der Waals surface area contributed by atoms with E-state index in [2.05, 4.69) is 6.58 Å². The summed E-state index contributed by atoms with van der Waals surface area (Å²) in [5.41, 5.74) is 6.21. The molecule has 1 heterocycles. The minimum absolute atomic E-state index is 0.0733. The Morgan fingerprint density at radius 2 is 2.11 bits per heavy atom. The Kier molecular flexibility index (Phi) is 5.11. The van der Waals surface area contributed by atoms with Crippen molar-refractivity contribution in [3.8, 4) is 0 Å². The molecule has 0 bridgehead atoms. The van der Waals surface area contributed by atoms with Crippen molar-refractivity contribution in [1.29, 1.82) is 0 Å². The summed E-state index contributed by atoms with van der Waals surface area (Å²) in [5, 5.41) is 0.960. The van der Waals surface area contributed by atoms with Crippen molar-refractivity contribution in [1.82, 2.24) is 0 Å². The Labute approximate surface area is 117 Å². The van der Waals surface area contributed by atoms with Crippen molar-refractivity contribution < 1.29 is 4.39 Å². The van der Waals surface area contributed by atoms with Gasteiger partial charge in [0.25, 0.3) is 0 Å². The number of halogens is 1. The first-order valence-corrected chi connectivity index (χ1v) is 7.58. The first-order chi connectivity index (χ1) is 9.20. The lowest BCUT2D eigenvalue weighted by Gasteiger charge is -2.08. The highest BCUT2D eigenvalue weighted by atomic mass is 32.1. The van der Waals surface area contributed by atoms with Crippen molar-refractivity contribution in [3.05, 3.63) is 47.6 Å². The zero-order valence-electron chi connectivity index (χ0n) is 11.1. The van der Waals surface area contributed by atoms with E-state index in [0.717, 1.165) is 34.2 Å². The van der Waals surface area contributed by atoms with Crippen LogP contribution in [0.1, 0.15) is 43.0 Å². The first-order valence-electron chi connectivity index (χ1n) is 6.76. The zero-order chi connectivity index (χ0) is 13.7. The SMILES string of the molecule is C=CCCCCCC(N)c1cc2cc(F)ccc2s1. The third kappa shape index (κ3) is 3.88. The van der Waals surface area contributed by atoms with Crippen LogP contribution < -0.4 is 5.73 Å². The van der Waals surface area contributed by atoms with Crippen molar-refractivity contribution in [2.24, 2.45) is 5.73 Å². The lowest BCUT2D eigenvalue weighted by Crippen LogP contribution is -2.08. The van der Waals surface area contributed by atoms with Gasteiger partial charge in [0.2, 0.25) is 0 Å². The number of hydrogen-bond acceptors (Lipinski definition) is 2. The summed E-state index contributed by atoms with van der Waals surface area (Å²) in [5.74, 6) is -0.185. The van der Waals surface area contributed by atoms with Gasteiger partial charge in [0.05, 0.1) is 0 Å². The van der Waals surface area contributed by atoms with Crippen molar-refractivity contribution in [2.75, 3.05) is 0 Å². The van der Waals surface area contributed by atoms with Crippen LogP contribution in [0.25, 0.3) is 10.1 Å². The average molecular weight is 277 g/mol. The molecule has 0 fully saturated rings. The number of benzene rings is 1. The van der Waals surface area contributed by atoms with Gasteiger partial charge < -0.3 is 5.73 Å². The molecule has 1 nitrogen and oxygen atoms in total. The monoisotopic (exact) mass is 277 g/mol. The quantitative estimate of drug-likeness (QED) is 0.548. The molecule has 1 aromatic heterocycles. The van der Waals surface area contributed by atoms with Gasteiger partial charge in [0.1, 0.15) is 5.82 Å². The Morgan fingerprint density at radius 1 is 1.26 bits per heavy atom. The van der Waals surface area contributed by atoms with Crippen LogP contribution in [-0.2, 0) is 0 Å². The molecule has 2 N–H and O–H groups in total. The normalized spacial score (nSPS) is 12.7. The maximum atomic E-state index is 13.1. The highest BCUT2D eigenvalue weighted by Crippen LogP contribution is 2.31. The number of rotatable bonds is 7. The van der Waals surface area contributed by atoms with Crippen LogP contribution in [0.2, 0.25) is 0 Å². The van der Waals surface area contributed by atoms with E-state index in [1.165, 1.54) is 18.9 Å². The molecular formula is C16H20FNS. The molecule has 0 aliphatic rings. The van der Waals surface area contributed by atoms with Gasteiger partial charge in [0, 0.05) is 15.6 Å². The van der Waals surface area contributed by atoms with Gasteiger partial charge in [-0.1, -0.05) is 18.9 Å². The van der Waals surface area contributed by atoms with Crippen LogP contribution in [0.3, 0.4) is 0 Å². The summed E-state index contributed by atoms with van der Waals surface area (Å²) >= 11 is 1.67. The van der Waals surface area contributed by atoms with E-state index in [1.807, 2.05) is 18.2 Å². The predicted molar refractivity (Wildman–Crippen MR) is 82.0 cm³/mol. The molecule has 19 heavy (non-hydrogen) atoms. The fourth-order valence-electron chi connectivity index (χ4n) is 2.19. The predicted octanol–water partition coefficient (Wildman–Crippen LogP) is 5.18. The van der Waals surface area contributed by atoms with Gasteiger partial charge in [0.15, 0.2) is 0 Å². The van der Waals surface area contributed by atoms with E-state index in [-0.39, 0.29) is 11.9 Å². The Balaban J connectivity index is 1.93. The van der Waals surface area contributed by atoms with E-state index in [0.29, 0.717) is 0 Å². The van der Waals surface area contributed by atoms with Gasteiger partial charge in [-0.2, -0.15) is 0 Å². The van der Waals surface area contributed by atoms with Gasteiger partial charge in [-0.25, -0.2) is 4.39 Å². The lowest BCUT2D eigenvalue weighted by molar-refractivity contribution is 0.578. The summed E-state index contributed by atoms with van der Waals surface area (Å²) in [6.45, 7) is 3.72. The third-order valence-electron chi connectivity index (χ3n) is 3.29. The molecule has 0 amide bonds. The van der Waals surface area contributed by atoms with Gasteiger partial charge in [-0.3, -0.25) is 0 Å². The smallest absolute Gasteiger partial charge is 0.123 e. The molecule has 1 unspecified atom stereocenters. The van der Waals surface area contributed by atoms with Gasteiger partial charge in [-0.05, 0) is 48.9 Å². The molecule has 0 spiro atoms. The molecule has 2 rings (SSSR count). The van der Waals surface area contributed by atoms with E-state index < -0.39 is 0 Å². The summed E-state index contributed by atoms with van der Waals surface area (Å²) in [6, 6.07) is 7.01. The first kappa shape index (κ1) is 14.2. The number of unbranched alkanes of at least 4 members (excludes halogenated alkanes) is 3. The Hall–Kier alpha value is -1.19. The van der Waals surface area contributed by atoms with Crippen LogP contribution in [0.15, 0.2) is 36.9 Å². The molecule has 0 radical (unpaired) electrons.